The molecule has 0 aromatic heterocycles. The molecule has 0 spiro atoms. The molecule has 0 aromatic rings. The molecule has 4 saturated carbocycles. The van der Waals surface area contributed by atoms with Crippen LogP contribution in [0.1, 0.15) is 97.8 Å². The summed E-state index contributed by atoms with van der Waals surface area (Å²) in [6.07, 6.45) is 10.0. The van der Waals surface area contributed by atoms with Crippen molar-refractivity contribution in [1.29, 1.82) is 0 Å². The summed E-state index contributed by atoms with van der Waals surface area (Å²) in [5.41, 5.74) is 5.18. The van der Waals surface area contributed by atoms with Crippen LogP contribution in [0.5, 0.6) is 0 Å². The maximum absolute atomic E-state index is 14.3. The van der Waals surface area contributed by atoms with Crippen molar-refractivity contribution in [2.24, 2.45) is 40.7 Å². The zero-order valence-corrected chi connectivity index (χ0v) is 24.9. The fraction of sp³-hybridized carbons (Fsp3) is 0.839. The fourth-order valence-corrected chi connectivity index (χ4v) is 7.85. The van der Waals surface area contributed by atoms with Gasteiger partial charge in [-0.1, -0.05) is 52.9 Å². The van der Waals surface area contributed by atoms with Crippen LogP contribution >= 0.6 is 0 Å². The molecule has 1 heterocycles. The van der Waals surface area contributed by atoms with Crippen molar-refractivity contribution in [2.45, 2.75) is 122 Å². The number of likely N-dealkylation sites (tertiary alicyclic amines) is 1. The highest BCUT2D eigenvalue weighted by atomic mass is 16.6. The number of amides is 4. The Hall–Kier alpha value is -2.65. The van der Waals surface area contributed by atoms with E-state index in [1.54, 1.807) is 4.90 Å². The van der Waals surface area contributed by atoms with Gasteiger partial charge in [0.1, 0.15) is 18.2 Å². The van der Waals surface area contributed by atoms with Gasteiger partial charge in [-0.25, -0.2) is 4.79 Å². The van der Waals surface area contributed by atoms with Gasteiger partial charge in [-0.05, 0) is 80.0 Å². The van der Waals surface area contributed by atoms with Crippen molar-refractivity contribution in [2.75, 3.05) is 6.54 Å². The number of hydrogen-bond donors (Lipinski definition) is 3. The molecule has 1 aliphatic heterocycles. The summed E-state index contributed by atoms with van der Waals surface area (Å²) < 4.78 is 5.77. The normalized spacial score (nSPS) is 32.3. The number of nitrogens with zero attached hydrogens (tertiary/aromatic N) is 1. The summed E-state index contributed by atoms with van der Waals surface area (Å²) in [6, 6.07) is -2.52. The zero-order chi connectivity index (χ0) is 29.5. The van der Waals surface area contributed by atoms with Gasteiger partial charge in [-0.15, -0.1) is 0 Å². The van der Waals surface area contributed by atoms with Gasteiger partial charge in [-0.2, -0.15) is 0 Å². The molecule has 1 unspecified atom stereocenters. The highest BCUT2D eigenvalue weighted by Gasteiger charge is 2.69. The number of hydrogen-bond acceptors (Lipinski definition) is 6. The number of ketones is 1. The molecule has 5 fully saturated rings. The largest absolute Gasteiger partial charge is 0.446 e. The summed E-state index contributed by atoms with van der Waals surface area (Å²) in [5.74, 6) is -1.55. The monoisotopic (exact) mass is 572 g/mol. The fourth-order valence-electron chi connectivity index (χ4n) is 7.85. The SMILES string of the molecule is CC1CCC(OC(=O)N[C@H](C(=O)N2C[C@H]3[C@@H]([C@H]2C(=O)NC(CC2CC2)C(=O)C(N)=O)C3(C)C)C2CCCCC2)CC1. The third-order valence-electron chi connectivity index (χ3n) is 10.8. The number of ether oxygens (including phenoxy) is 1. The molecule has 4 aliphatic carbocycles. The number of fused-ring (bicyclic) bond motifs is 1. The first-order valence-corrected chi connectivity index (χ1v) is 15.9. The summed E-state index contributed by atoms with van der Waals surface area (Å²) in [5, 5.41) is 5.75. The van der Waals surface area contributed by atoms with Crippen molar-refractivity contribution >= 4 is 29.6 Å². The van der Waals surface area contributed by atoms with Crippen LogP contribution in [0.15, 0.2) is 0 Å². The first kappa shape index (κ1) is 29.8. The summed E-state index contributed by atoms with van der Waals surface area (Å²) in [4.78, 5) is 67.1. The van der Waals surface area contributed by atoms with Crippen molar-refractivity contribution in [1.82, 2.24) is 15.5 Å². The van der Waals surface area contributed by atoms with E-state index in [1.165, 1.54) is 0 Å². The van der Waals surface area contributed by atoms with Gasteiger partial charge >= 0.3 is 6.09 Å². The van der Waals surface area contributed by atoms with Crippen LogP contribution in [0.4, 0.5) is 4.79 Å². The molecular weight excluding hydrogens is 524 g/mol. The van der Waals surface area contributed by atoms with Crippen molar-refractivity contribution in [3.63, 3.8) is 0 Å². The molecule has 5 aliphatic rings. The number of alkyl carbamates (subject to hydrolysis) is 1. The van der Waals surface area contributed by atoms with E-state index in [4.69, 9.17) is 10.5 Å². The van der Waals surface area contributed by atoms with Gasteiger partial charge in [0.2, 0.25) is 17.6 Å². The number of primary amides is 1. The minimum atomic E-state index is -1.06. The average Bonchev–Trinajstić information content (AvgIpc) is 3.79. The number of rotatable bonds is 10. The Kier molecular flexibility index (Phi) is 8.67. The van der Waals surface area contributed by atoms with Crippen molar-refractivity contribution in [3.05, 3.63) is 0 Å². The average molecular weight is 573 g/mol. The van der Waals surface area contributed by atoms with E-state index in [0.717, 1.165) is 70.6 Å². The Morgan fingerprint density at radius 2 is 1.59 bits per heavy atom. The maximum Gasteiger partial charge on any atom is 0.408 e. The van der Waals surface area contributed by atoms with E-state index in [2.05, 4.69) is 31.4 Å². The quantitative estimate of drug-likeness (QED) is 0.343. The topological polar surface area (TPSA) is 148 Å². The number of nitrogens with two attached hydrogens (primary N) is 1. The third kappa shape index (κ3) is 6.56. The molecule has 5 atom stereocenters. The van der Waals surface area contributed by atoms with Crippen LogP contribution in [0.2, 0.25) is 0 Å². The number of nitrogens with one attached hydrogen (secondary N) is 2. The molecule has 10 nitrogen and oxygen atoms in total. The Bertz CT molecular complexity index is 1040. The highest BCUT2D eigenvalue weighted by molar-refractivity contribution is 6.37. The van der Waals surface area contributed by atoms with Gasteiger partial charge in [0.25, 0.3) is 5.91 Å². The van der Waals surface area contributed by atoms with Gasteiger partial charge in [0.05, 0.1) is 6.04 Å². The van der Waals surface area contributed by atoms with Crippen molar-refractivity contribution in [3.8, 4) is 0 Å². The predicted octanol–water partition coefficient (Wildman–Crippen LogP) is 3.06. The van der Waals surface area contributed by atoms with E-state index in [-0.39, 0.29) is 41.1 Å². The lowest BCUT2D eigenvalue weighted by Gasteiger charge is -2.37. The van der Waals surface area contributed by atoms with E-state index in [1.807, 2.05) is 0 Å². The van der Waals surface area contributed by atoms with E-state index in [0.29, 0.717) is 18.9 Å². The standard InChI is InChI=1S/C31H48N4O6/c1-17-9-13-20(14-10-17)41-30(40)34-24(19-7-5-4-6-8-19)29(39)35-16-21-23(31(21,2)3)25(35)28(38)33-22(15-18-11-12-18)26(36)27(32)37/h17-25H,4-16H2,1-3H3,(H2,32,37)(H,33,38)(H,34,40)/t17?,20?,21-,22?,23-,24-,25-/m0/s1. The highest BCUT2D eigenvalue weighted by Crippen LogP contribution is 2.65. The van der Waals surface area contributed by atoms with Crippen LogP contribution < -0.4 is 16.4 Å². The Labute approximate surface area is 243 Å². The van der Waals surface area contributed by atoms with E-state index < -0.39 is 41.8 Å². The Morgan fingerprint density at radius 1 is 0.927 bits per heavy atom. The molecule has 0 bridgehead atoms. The molecule has 5 rings (SSSR count). The van der Waals surface area contributed by atoms with Gasteiger partial charge in [0, 0.05) is 6.54 Å². The maximum atomic E-state index is 14.3. The second kappa shape index (κ2) is 11.9. The minimum Gasteiger partial charge on any atom is -0.446 e. The number of Topliss-reactive ketones (excluding diaryl/α,β-unsaturated/α-hetero) is 1. The van der Waals surface area contributed by atoms with Gasteiger partial charge < -0.3 is 26.0 Å². The van der Waals surface area contributed by atoms with Gasteiger partial charge in [0.15, 0.2) is 0 Å². The third-order valence-corrected chi connectivity index (χ3v) is 10.8. The van der Waals surface area contributed by atoms with Crippen LogP contribution in [0.25, 0.3) is 0 Å². The lowest BCUT2D eigenvalue weighted by Crippen LogP contribution is -2.59. The van der Waals surface area contributed by atoms with Crippen LogP contribution in [0, 0.1) is 35.0 Å². The Morgan fingerprint density at radius 3 is 2.20 bits per heavy atom. The van der Waals surface area contributed by atoms with Crippen LogP contribution in [0.3, 0.4) is 0 Å². The molecule has 1 saturated heterocycles. The van der Waals surface area contributed by atoms with Crippen LogP contribution in [-0.4, -0.2) is 65.3 Å². The molecule has 4 N–H and O–H groups in total. The van der Waals surface area contributed by atoms with E-state index in [9.17, 15) is 24.0 Å². The molecule has 0 radical (unpaired) electrons. The van der Waals surface area contributed by atoms with Gasteiger partial charge in [-0.3, -0.25) is 19.2 Å². The molecule has 41 heavy (non-hydrogen) atoms. The number of carbonyl (C=O) groups is 5. The molecular formula is C31H48N4O6. The molecule has 10 heteroatoms. The summed E-state index contributed by atoms with van der Waals surface area (Å²) in [7, 11) is 0. The first-order chi connectivity index (χ1) is 19.5. The number of piperidine rings is 1. The van der Waals surface area contributed by atoms with E-state index >= 15 is 0 Å². The summed E-state index contributed by atoms with van der Waals surface area (Å²) in [6.45, 7) is 6.83. The smallest absolute Gasteiger partial charge is 0.408 e. The predicted molar refractivity (Wildman–Crippen MR) is 151 cm³/mol. The van der Waals surface area contributed by atoms with Crippen molar-refractivity contribution < 1.29 is 28.7 Å². The Balaban J connectivity index is 1.32. The summed E-state index contributed by atoms with van der Waals surface area (Å²) >= 11 is 0. The number of carbonyl (C=O) groups excluding carboxylic acids is 5. The first-order valence-electron chi connectivity index (χ1n) is 15.9. The molecule has 0 aromatic carbocycles. The van der Waals surface area contributed by atoms with Crippen LogP contribution in [-0.2, 0) is 23.9 Å². The zero-order valence-electron chi connectivity index (χ0n) is 24.9. The second-order valence-electron chi connectivity index (χ2n) is 14.2. The lowest BCUT2D eigenvalue weighted by atomic mass is 9.83. The lowest BCUT2D eigenvalue weighted by molar-refractivity contribution is -0.144. The molecule has 4 amide bonds. The molecule has 228 valence electrons. The second-order valence-corrected chi connectivity index (χ2v) is 14.2. The minimum absolute atomic E-state index is 0.0251.